The Balaban J connectivity index is 2.60. The van der Waals surface area contributed by atoms with Gasteiger partial charge in [0.05, 0.1) is 0 Å². The molecule has 0 heterocycles. The fourth-order valence-corrected chi connectivity index (χ4v) is 1.48. The topological polar surface area (TPSA) is 17.1 Å². The van der Waals surface area contributed by atoms with E-state index in [1.165, 1.54) is 0 Å². The molecule has 1 aliphatic carbocycles. The molecule has 1 rings (SSSR count). The van der Waals surface area contributed by atoms with Crippen molar-refractivity contribution in [1.29, 1.82) is 0 Å². The molecule has 11 heavy (non-hydrogen) atoms. The first-order chi connectivity index (χ1) is 5.38. The predicted octanol–water partition coefficient (Wildman–Crippen LogP) is 2.34. The molecule has 60 valence electrons. The third kappa shape index (κ3) is 2.04. The summed E-state index contributed by atoms with van der Waals surface area (Å²) in [4.78, 5) is 10.6. The van der Waals surface area contributed by atoms with Gasteiger partial charge in [-0.3, -0.25) is 0 Å². The Bertz CT molecular complexity index is 179. The summed E-state index contributed by atoms with van der Waals surface area (Å²) in [6.45, 7) is 2.00. The third-order valence-corrected chi connectivity index (χ3v) is 2.15. The Kier molecular flexibility index (Phi) is 3.09. The van der Waals surface area contributed by atoms with Gasteiger partial charge < -0.3 is 4.79 Å². The molecule has 0 radical (unpaired) electrons. The summed E-state index contributed by atoms with van der Waals surface area (Å²) in [6.07, 6.45) is 11.4. The lowest BCUT2D eigenvalue weighted by Crippen LogP contribution is -2.15. The van der Waals surface area contributed by atoms with Crippen molar-refractivity contribution in [2.75, 3.05) is 0 Å². The van der Waals surface area contributed by atoms with Gasteiger partial charge in [0, 0.05) is 5.92 Å². The summed E-state index contributed by atoms with van der Waals surface area (Å²) < 4.78 is 0. The van der Waals surface area contributed by atoms with Gasteiger partial charge in [-0.05, 0) is 25.7 Å². The highest BCUT2D eigenvalue weighted by atomic mass is 16.1. The number of hydrogen-bond donors (Lipinski definition) is 0. The number of carbonyl (C=O) groups excluding carboxylic acids is 1. The van der Waals surface area contributed by atoms with E-state index in [0.717, 1.165) is 19.1 Å². The van der Waals surface area contributed by atoms with Gasteiger partial charge >= 0.3 is 0 Å². The number of allylic oxidation sites excluding steroid dienone is 4. The molecule has 0 amide bonds. The van der Waals surface area contributed by atoms with Crippen molar-refractivity contribution in [1.82, 2.24) is 0 Å². The molecular formula is C10H14O. The number of hydrogen-bond acceptors (Lipinski definition) is 1. The highest BCUT2D eigenvalue weighted by Crippen LogP contribution is 2.24. The first-order valence-electron chi connectivity index (χ1n) is 4.11. The van der Waals surface area contributed by atoms with Crippen molar-refractivity contribution in [2.45, 2.75) is 19.8 Å². The summed E-state index contributed by atoms with van der Waals surface area (Å²) in [5.41, 5.74) is 0. The van der Waals surface area contributed by atoms with Crippen LogP contribution >= 0.6 is 0 Å². The van der Waals surface area contributed by atoms with Crippen molar-refractivity contribution in [3.8, 4) is 0 Å². The van der Waals surface area contributed by atoms with Crippen LogP contribution in [0.4, 0.5) is 0 Å². The zero-order chi connectivity index (χ0) is 8.10. The lowest BCUT2D eigenvalue weighted by atomic mass is 9.84. The van der Waals surface area contributed by atoms with Crippen LogP contribution in [0.5, 0.6) is 0 Å². The van der Waals surface area contributed by atoms with Gasteiger partial charge in [0.1, 0.15) is 6.29 Å². The van der Waals surface area contributed by atoms with Gasteiger partial charge in [-0.1, -0.05) is 24.3 Å². The second-order valence-electron chi connectivity index (χ2n) is 2.93. The highest BCUT2D eigenvalue weighted by Gasteiger charge is 2.18. The van der Waals surface area contributed by atoms with Crippen LogP contribution in [-0.4, -0.2) is 6.29 Å². The molecule has 0 N–H and O–H groups in total. The van der Waals surface area contributed by atoms with E-state index in [-0.39, 0.29) is 5.92 Å². The van der Waals surface area contributed by atoms with Crippen LogP contribution in [0.25, 0.3) is 0 Å². The summed E-state index contributed by atoms with van der Waals surface area (Å²) in [5, 5.41) is 0. The standard InChI is InChI=1S/C10H14O/c1-2-5-9-6-3-4-7-10(9)8-11/h2-5,8-10H,6-7H2,1H3/b5-2-/t9-,10-/m1/s1. The first-order valence-corrected chi connectivity index (χ1v) is 4.11. The van der Waals surface area contributed by atoms with Crippen molar-refractivity contribution >= 4 is 6.29 Å². The lowest BCUT2D eigenvalue weighted by molar-refractivity contribution is -0.112. The zero-order valence-electron chi connectivity index (χ0n) is 6.86. The molecule has 0 aromatic heterocycles. The summed E-state index contributed by atoms with van der Waals surface area (Å²) >= 11 is 0. The highest BCUT2D eigenvalue weighted by molar-refractivity contribution is 5.55. The van der Waals surface area contributed by atoms with E-state index < -0.39 is 0 Å². The van der Waals surface area contributed by atoms with Crippen LogP contribution in [0.1, 0.15) is 19.8 Å². The SMILES string of the molecule is C/C=C\[C@@H]1CC=CC[C@@H]1C=O. The normalized spacial score (nSPS) is 31.0. The van der Waals surface area contributed by atoms with Crippen LogP contribution in [0.3, 0.4) is 0 Å². The molecule has 0 bridgehead atoms. The van der Waals surface area contributed by atoms with Gasteiger partial charge in [0.2, 0.25) is 0 Å². The zero-order valence-corrected chi connectivity index (χ0v) is 6.86. The molecule has 1 aliphatic rings. The fraction of sp³-hybridized carbons (Fsp3) is 0.500. The molecule has 2 atom stereocenters. The maximum Gasteiger partial charge on any atom is 0.123 e. The van der Waals surface area contributed by atoms with Crippen molar-refractivity contribution in [2.24, 2.45) is 11.8 Å². The summed E-state index contributed by atoms with van der Waals surface area (Å²) in [6, 6.07) is 0. The maximum atomic E-state index is 10.6. The van der Waals surface area contributed by atoms with Gasteiger partial charge in [-0.15, -0.1) is 0 Å². The monoisotopic (exact) mass is 150 g/mol. The Morgan fingerprint density at radius 1 is 1.27 bits per heavy atom. The second kappa shape index (κ2) is 4.12. The molecule has 0 spiro atoms. The quantitative estimate of drug-likeness (QED) is 0.436. The Morgan fingerprint density at radius 2 is 1.91 bits per heavy atom. The molecule has 1 heteroatoms. The van der Waals surface area contributed by atoms with Crippen LogP contribution < -0.4 is 0 Å². The third-order valence-electron chi connectivity index (χ3n) is 2.15. The van der Waals surface area contributed by atoms with E-state index in [1.807, 2.05) is 13.0 Å². The van der Waals surface area contributed by atoms with Crippen molar-refractivity contribution in [3.05, 3.63) is 24.3 Å². The minimum Gasteiger partial charge on any atom is -0.303 e. The molecule has 0 fully saturated rings. The van der Waals surface area contributed by atoms with Gasteiger partial charge in [-0.2, -0.15) is 0 Å². The molecule has 0 aromatic rings. The van der Waals surface area contributed by atoms with Gasteiger partial charge in [-0.25, -0.2) is 0 Å². The molecule has 0 aromatic carbocycles. The Hall–Kier alpha value is -0.850. The molecule has 1 nitrogen and oxygen atoms in total. The largest absolute Gasteiger partial charge is 0.303 e. The lowest BCUT2D eigenvalue weighted by Gasteiger charge is -2.20. The van der Waals surface area contributed by atoms with E-state index >= 15 is 0 Å². The minimum atomic E-state index is 0.219. The molecular weight excluding hydrogens is 136 g/mol. The molecule has 0 saturated heterocycles. The van der Waals surface area contributed by atoms with E-state index in [2.05, 4.69) is 18.2 Å². The van der Waals surface area contributed by atoms with Crippen molar-refractivity contribution in [3.63, 3.8) is 0 Å². The fourth-order valence-electron chi connectivity index (χ4n) is 1.48. The van der Waals surface area contributed by atoms with Crippen LogP contribution in [0, 0.1) is 11.8 Å². The molecule has 0 aliphatic heterocycles. The number of rotatable bonds is 2. The van der Waals surface area contributed by atoms with Gasteiger partial charge in [0.25, 0.3) is 0 Å². The smallest absolute Gasteiger partial charge is 0.123 e. The van der Waals surface area contributed by atoms with Gasteiger partial charge in [0.15, 0.2) is 0 Å². The minimum absolute atomic E-state index is 0.219. The summed E-state index contributed by atoms with van der Waals surface area (Å²) in [7, 11) is 0. The Labute approximate surface area is 67.8 Å². The Morgan fingerprint density at radius 3 is 2.45 bits per heavy atom. The van der Waals surface area contributed by atoms with E-state index in [4.69, 9.17) is 0 Å². The first kappa shape index (κ1) is 8.25. The average molecular weight is 150 g/mol. The number of aldehydes is 1. The number of carbonyl (C=O) groups is 1. The second-order valence-corrected chi connectivity index (χ2v) is 2.93. The molecule has 0 saturated carbocycles. The summed E-state index contributed by atoms with van der Waals surface area (Å²) in [5.74, 6) is 0.665. The average Bonchev–Trinajstić information content (AvgIpc) is 2.06. The van der Waals surface area contributed by atoms with E-state index in [0.29, 0.717) is 5.92 Å². The molecule has 0 unspecified atom stereocenters. The predicted molar refractivity (Wildman–Crippen MR) is 46.2 cm³/mol. The van der Waals surface area contributed by atoms with Crippen LogP contribution in [0.15, 0.2) is 24.3 Å². The van der Waals surface area contributed by atoms with E-state index in [1.54, 1.807) is 0 Å². The van der Waals surface area contributed by atoms with Crippen LogP contribution in [0.2, 0.25) is 0 Å². The van der Waals surface area contributed by atoms with Crippen molar-refractivity contribution < 1.29 is 4.79 Å². The van der Waals surface area contributed by atoms with E-state index in [9.17, 15) is 4.79 Å². The van der Waals surface area contributed by atoms with Crippen LogP contribution in [-0.2, 0) is 4.79 Å². The maximum absolute atomic E-state index is 10.6.